The number of carbonyl (C=O) groups is 3. The highest BCUT2D eigenvalue weighted by molar-refractivity contribution is 5.86. The summed E-state index contributed by atoms with van der Waals surface area (Å²) < 4.78 is 4.87. The first-order chi connectivity index (χ1) is 9.52. The van der Waals surface area contributed by atoms with E-state index in [1.165, 1.54) is 0 Å². The third-order valence-corrected chi connectivity index (χ3v) is 4.94. The number of amides is 1. The summed E-state index contributed by atoms with van der Waals surface area (Å²) in [6.07, 6.45) is 4.69. The van der Waals surface area contributed by atoms with Gasteiger partial charge in [-0.3, -0.25) is 9.59 Å². The molecule has 0 bridgehead atoms. The number of ether oxygens (including phenoxy) is 1. The quantitative estimate of drug-likeness (QED) is 0.778. The lowest BCUT2D eigenvalue weighted by molar-refractivity contribution is -0.155. The molecule has 2 unspecified atom stereocenters. The van der Waals surface area contributed by atoms with Gasteiger partial charge in [-0.05, 0) is 32.1 Å². The van der Waals surface area contributed by atoms with Crippen LogP contribution in [0.2, 0.25) is 0 Å². The molecule has 3 fully saturated rings. The summed E-state index contributed by atoms with van der Waals surface area (Å²) in [6, 6.07) is -0.694. The van der Waals surface area contributed by atoms with Crippen molar-refractivity contribution < 1.29 is 24.2 Å². The Hall–Kier alpha value is -1.59. The van der Waals surface area contributed by atoms with Crippen molar-refractivity contribution in [2.75, 3.05) is 6.61 Å². The Kier molecular flexibility index (Phi) is 3.18. The Bertz CT molecular complexity index is 456. The molecule has 20 heavy (non-hydrogen) atoms. The maximum atomic E-state index is 12.5. The van der Waals surface area contributed by atoms with Gasteiger partial charge in [0.2, 0.25) is 5.91 Å². The zero-order valence-corrected chi connectivity index (χ0v) is 11.3. The number of rotatable bonds is 3. The van der Waals surface area contributed by atoms with Gasteiger partial charge in [0.15, 0.2) is 0 Å². The summed E-state index contributed by atoms with van der Waals surface area (Å²) in [5.41, 5.74) is -0.219. The molecule has 3 rings (SSSR count). The molecule has 6 nitrogen and oxygen atoms in total. The van der Waals surface area contributed by atoms with Crippen LogP contribution in [-0.4, -0.2) is 46.0 Å². The second-order valence-electron chi connectivity index (χ2n) is 6.19. The Balaban J connectivity index is 1.72. The van der Waals surface area contributed by atoms with Crippen molar-refractivity contribution in [2.45, 2.75) is 56.5 Å². The lowest BCUT2D eigenvalue weighted by Gasteiger charge is -2.47. The molecule has 1 aliphatic carbocycles. The molecule has 0 aromatic carbocycles. The molecule has 0 aromatic rings. The molecule has 6 heteroatoms. The van der Waals surface area contributed by atoms with Gasteiger partial charge in [0.1, 0.15) is 6.04 Å². The number of cyclic esters (lactones) is 1. The minimum absolute atomic E-state index is 0.0952. The monoisotopic (exact) mass is 281 g/mol. The summed E-state index contributed by atoms with van der Waals surface area (Å²) in [7, 11) is 0. The molecule has 1 spiro atoms. The molecule has 1 amide bonds. The summed E-state index contributed by atoms with van der Waals surface area (Å²) >= 11 is 0. The van der Waals surface area contributed by atoms with E-state index in [-0.39, 0.29) is 42.8 Å². The van der Waals surface area contributed by atoms with Crippen LogP contribution in [-0.2, 0) is 19.1 Å². The highest BCUT2D eigenvalue weighted by Gasteiger charge is 2.54. The van der Waals surface area contributed by atoms with Crippen molar-refractivity contribution in [3.63, 3.8) is 0 Å². The topological polar surface area (TPSA) is 83.9 Å². The van der Waals surface area contributed by atoms with Crippen molar-refractivity contribution in [3.05, 3.63) is 0 Å². The lowest BCUT2D eigenvalue weighted by atomic mass is 9.74. The largest absolute Gasteiger partial charge is 0.480 e. The van der Waals surface area contributed by atoms with Crippen LogP contribution in [0, 0.1) is 5.92 Å². The number of likely N-dealkylation sites (tertiary alicyclic amines) is 1. The second-order valence-corrected chi connectivity index (χ2v) is 6.19. The molecule has 3 aliphatic rings. The maximum absolute atomic E-state index is 12.5. The summed E-state index contributed by atoms with van der Waals surface area (Å²) in [4.78, 5) is 36.6. The van der Waals surface area contributed by atoms with Gasteiger partial charge >= 0.3 is 11.9 Å². The molecular weight excluding hydrogens is 262 g/mol. The van der Waals surface area contributed by atoms with Crippen molar-refractivity contribution in [3.8, 4) is 0 Å². The van der Waals surface area contributed by atoms with Crippen LogP contribution in [0.5, 0.6) is 0 Å². The summed E-state index contributed by atoms with van der Waals surface area (Å²) in [5, 5.41) is 9.31. The molecule has 2 saturated heterocycles. The zero-order valence-electron chi connectivity index (χ0n) is 11.3. The smallest absolute Gasteiger partial charge is 0.326 e. The predicted molar refractivity (Wildman–Crippen MR) is 67.8 cm³/mol. The zero-order chi connectivity index (χ0) is 14.3. The van der Waals surface area contributed by atoms with E-state index in [9.17, 15) is 19.5 Å². The molecule has 2 heterocycles. The number of hydrogen-bond donors (Lipinski definition) is 1. The van der Waals surface area contributed by atoms with Crippen molar-refractivity contribution in [2.24, 2.45) is 5.92 Å². The SMILES string of the molecule is O=C1CC(CC(=O)N2C(C(=O)O)CCC23CCC3)CO1. The summed E-state index contributed by atoms with van der Waals surface area (Å²) in [6.45, 7) is 0.281. The van der Waals surface area contributed by atoms with Crippen molar-refractivity contribution >= 4 is 17.8 Å². The van der Waals surface area contributed by atoms with Gasteiger partial charge in [-0.1, -0.05) is 0 Å². The third-order valence-electron chi connectivity index (χ3n) is 4.94. The van der Waals surface area contributed by atoms with Crippen molar-refractivity contribution in [1.82, 2.24) is 4.90 Å². The van der Waals surface area contributed by atoms with Gasteiger partial charge in [-0.25, -0.2) is 4.79 Å². The molecular formula is C14H19NO5. The average Bonchev–Trinajstić information content (AvgIpc) is 2.91. The van der Waals surface area contributed by atoms with E-state index < -0.39 is 12.0 Å². The Morgan fingerprint density at radius 2 is 2.10 bits per heavy atom. The van der Waals surface area contributed by atoms with Crippen LogP contribution in [0.15, 0.2) is 0 Å². The van der Waals surface area contributed by atoms with Gasteiger partial charge < -0.3 is 14.7 Å². The van der Waals surface area contributed by atoms with Crippen LogP contribution in [0.25, 0.3) is 0 Å². The fourth-order valence-corrected chi connectivity index (χ4v) is 3.77. The van der Waals surface area contributed by atoms with E-state index in [1.807, 2.05) is 0 Å². The Morgan fingerprint density at radius 3 is 2.60 bits per heavy atom. The first-order valence-corrected chi connectivity index (χ1v) is 7.22. The molecule has 0 aromatic heterocycles. The number of carbonyl (C=O) groups excluding carboxylic acids is 2. The van der Waals surface area contributed by atoms with Gasteiger partial charge in [0, 0.05) is 17.9 Å². The Labute approximate surface area is 117 Å². The lowest BCUT2D eigenvalue weighted by Crippen LogP contribution is -2.56. The first kappa shape index (κ1) is 13.4. The average molecular weight is 281 g/mol. The fraction of sp³-hybridized carbons (Fsp3) is 0.786. The van der Waals surface area contributed by atoms with E-state index in [1.54, 1.807) is 4.90 Å². The van der Waals surface area contributed by atoms with Crippen LogP contribution < -0.4 is 0 Å². The fourth-order valence-electron chi connectivity index (χ4n) is 3.77. The maximum Gasteiger partial charge on any atom is 0.326 e. The Morgan fingerprint density at radius 1 is 1.35 bits per heavy atom. The number of hydrogen-bond acceptors (Lipinski definition) is 4. The van der Waals surface area contributed by atoms with Crippen molar-refractivity contribution in [1.29, 1.82) is 0 Å². The number of nitrogens with zero attached hydrogens (tertiary/aromatic N) is 1. The van der Waals surface area contributed by atoms with Crippen LogP contribution in [0.4, 0.5) is 0 Å². The predicted octanol–water partition coefficient (Wildman–Crippen LogP) is 0.938. The number of aliphatic carboxylic acids is 1. The highest BCUT2D eigenvalue weighted by atomic mass is 16.5. The molecule has 110 valence electrons. The third kappa shape index (κ3) is 2.07. The van der Waals surface area contributed by atoms with E-state index in [4.69, 9.17) is 4.74 Å². The highest BCUT2D eigenvalue weighted by Crippen LogP contribution is 2.48. The standard InChI is InChI=1S/C14H19NO5/c16-11(6-9-7-12(17)20-8-9)15-10(13(18)19)2-5-14(15)3-1-4-14/h9-10H,1-8H2,(H,18,19). The van der Waals surface area contributed by atoms with Gasteiger partial charge in [0.25, 0.3) is 0 Å². The number of carboxylic acid groups (broad SMARTS) is 1. The molecule has 0 radical (unpaired) electrons. The first-order valence-electron chi connectivity index (χ1n) is 7.22. The molecule has 1 saturated carbocycles. The van der Waals surface area contributed by atoms with Gasteiger partial charge in [-0.15, -0.1) is 0 Å². The molecule has 2 atom stereocenters. The van der Waals surface area contributed by atoms with Gasteiger partial charge in [0.05, 0.1) is 13.0 Å². The van der Waals surface area contributed by atoms with E-state index >= 15 is 0 Å². The van der Waals surface area contributed by atoms with Crippen LogP contribution in [0.3, 0.4) is 0 Å². The number of carboxylic acids is 1. The van der Waals surface area contributed by atoms with Gasteiger partial charge in [-0.2, -0.15) is 0 Å². The van der Waals surface area contributed by atoms with E-state index in [2.05, 4.69) is 0 Å². The molecule has 2 aliphatic heterocycles. The second kappa shape index (κ2) is 4.75. The van der Waals surface area contributed by atoms with Crippen LogP contribution >= 0.6 is 0 Å². The summed E-state index contributed by atoms with van der Waals surface area (Å²) in [5.74, 6) is -1.40. The molecule has 1 N–H and O–H groups in total. The van der Waals surface area contributed by atoms with E-state index in [0.29, 0.717) is 6.42 Å². The minimum Gasteiger partial charge on any atom is -0.480 e. The minimum atomic E-state index is -0.916. The number of esters is 1. The van der Waals surface area contributed by atoms with E-state index in [0.717, 1.165) is 25.7 Å². The normalized spacial score (nSPS) is 31.2. The van der Waals surface area contributed by atoms with Crippen LogP contribution in [0.1, 0.15) is 44.9 Å².